The van der Waals surface area contributed by atoms with E-state index < -0.39 is 11.7 Å². The van der Waals surface area contributed by atoms with Gasteiger partial charge in [0, 0.05) is 17.3 Å². The normalized spacial score (nSPS) is 10.5. The third-order valence-corrected chi connectivity index (χ3v) is 2.95. The fraction of sp³-hybridized carbons (Fsp3) is 0.278. The van der Waals surface area contributed by atoms with Crippen LogP contribution in [0.1, 0.15) is 33.3 Å². The lowest BCUT2D eigenvalue weighted by Gasteiger charge is -2.04. The average Bonchev–Trinajstić information content (AvgIpc) is 3.01. The zero-order valence-corrected chi connectivity index (χ0v) is 14.0. The first-order valence-corrected chi connectivity index (χ1v) is 7.75. The molecule has 1 aromatic carbocycles. The first-order valence-electron chi connectivity index (χ1n) is 7.75. The number of nitrogens with one attached hydrogen (secondary N) is 1. The molecule has 0 aliphatic heterocycles. The van der Waals surface area contributed by atoms with Crippen LogP contribution in [-0.2, 0) is 6.18 Å². The van der Waals surface area contributed by atoms with Crippen molar-refractivity contribution in [1.29, 1.82) is 0 Å². The van der Waals surface area contributed by atoms with Crippen LogP contribution in [0.15, 0.2) is 42.6 Å². The molecule has 0 spiro atoms. The number of rotatable bonds is 1. The van der Waals surface area contributed by atoms with E-state index in [0.29, 0.717) is 22.3 Å². The van der Waals surface area contributed by atoms with Crippen LogP contribution in [0.25, 0.3) is 22.3 Å². The number of aromatic nitrogens is 2. The summed E-state index contributed by atoms with van der Waals surface area (Å²) in [5, 5.41) is 0.360. The SMILES string of the molecule is CC.CC.Fc1ccc(-c2cc3cc(C(F)(F)F)cnc3[nH]2)cc1. The molecule has 130 valence electrons. The van der Waals surface area contributed by atoms with Crippen molar-refractivity contribution in [3.8, 4) is 11.3 Å². The Bertz CT molecular complexity index is 759. The maximum absolute atomic E-state index is 12.8. The summed E-state index contributed by atoms with van der Waals surface area (Å²) in [5.41, 5.74) is 0.830. The molecule has 2 heterocycles. The van der Waals surface area contributed by atoms with E-state index in [9.17, 15) is 17.6 Å². The molecule has 0 amide bonds. The smallest absolute Gasteiger partial charge is 0.339 e. The van der Waals surface area contributed by atoms with Gasteiger partial charge in [-0.3, -0.25) is 0 Å². The predicted octanol–water partition coefficient (Wildman–Crippen LogP) is 6.44. The van der Waals surface area contributed by atoms with E-state index in [0.717, 1.165) is 12.3 Å². The monoisotopic (exact) mass is 340 g/mol. The Labute approximate surface area is 138 Å². The molecule has 3 aromatic rings. The van der Waals surface area contributed by atoms with Crippen LogP contribution in [0.3, 0.4) is 0 Å². The van der Waals surface area contributed by atoms with Gasteiger partial charge in [0.25, 0.3) is 0 Å². The number of nitrogens with zero attached hydrogens (tertiary/aromatic N) is 1. The van der Waals surface area contributed by atoms with Gasteiger partial charge in [-0.25, -0.2) is 9.37 Å². The maximum atomic E-state index is 12.8. The zero-order valence-electron chi connectivity index (χ0n) is 14.0. The number of halogens is 4. The van der Waals surface area contributed by atoms with E-state index >= 15 is 0 Å². The van der Waals surface area contributed by atoms with Gasteiger partial charge in [0.2, 0.25) is 0 Å². The molecule has 2 aromatic heterocycles. The molecule has 0 aliphatic rings. The number of fused-ring (bicyclic) bond motifs is 1. The molecule has 3 rings (SSSR count). The second-order valence-electron chi connectivity index (χ2n) is 4.35. The number of H-pyrrole nitrogens is 1. The van der Waals surface area contributed by atoms with Gasteiger partial charge in [-0.05, 0) is 42.0 Å². The van der Waals surface area contributed by atoms with Crippen molar-refractivity contribution in [3.05, 3.63) is 54.0 Å². The van der Waals surface area contributed by atoms with Crippen LogP contribution >= 0.6 is 0 Å². The quantitative estimate of drug-likeness (QED) is 0.507. The van der Waals surface area contributed by atoms with Gasteiger partial charge < -0.3 is 4.98 Å². The highest BCUT2D eigenvalue weighted by Crippen LogP contribution is 2.31. The number of hydrogen-bond donors (Lipinski definition) is 1. The van der Waals surface area contributed by atoms with E-state index in [-0.39, 0.29) is 5.82 Å². The Kier molecular flexibility index (Phi) is 6.95. The number of benzene rings is 1. The van der Waals surface area contributed by atoms with Crippen LogP contribution in [-0.4, -0.2) is 9.97 Å². The third-order valence-electron chi connectivity index (χ3n) is 2.95. The summed E-state index contributed by atoms with van der Waals surface area (Å²) < 4.78 is 50.6. The van der Waals surface area contributed by atoms with Gasteiger partial charge >= 0.3 is 6.18 Å². The van der Waals surface area contributed by atoms with Crippen molar-refractivity contribution in [2.75, 3.05) is 0 Å². The van der Waals surface area contributed by atoms with E-state index in [4.69, 9.17) is 0 Å². The highest BCUT2D eigenvalue weighted by atomic mass is 19.4. The molecule has 24 heavy (non-hydrogen) atoms. The third kappa shape index (κ3) is 4.57. The molecule has 6 heteroatoms. The summed E-state index contributed by atoms with van der Waals surface area (Å²) in [6, 6.07) is 8.26. The molecule has 1 N–H and O–H groups in total. The van der Waals surface area contributed by atoms with Gasteiger partial charge in [0.05, 0.1) is 5.56 Å². The zero-order chi connectivity index (χ0) is 18.3. The standard InChI is InChI=1S/C14H8F4N2.2C2H6/c15-11-3-1-8(2-4-11)12-6-9-5-10(14(16,17)18)7-19-13(9)20-12;2*1-2/h1-7H,(H,19,20);2*1-2H3. The second kappa shape index (κ2) is 8.47. The lowest BCUT2D eigenvalue weighted by molar-refractivity contribution is -0.137. The van der Waals surface area contributed by atoms with E-state index in [1.165, 1.54) is 12.1 Å². The van der Waals surface area contributed by atoms with E-state index in [1.54, 1.807) is 18.2 Å². The predicted molar refractivity (Wildman–Crippen MR) is 89.2 cm³/mol. The summed E-state index contributed by atoms with van der Waals surface area (Å²) in [4.78, 5) is 6.67. The Balaban J connectivity index is 0.000000671. The summed E-state index contributed by atoms with van der Waals surface area (Å²) in [5.74, 6) is -0.373. The molecule has 0 radical (unpaired) electrons. The van der Waals surface area contributed by atoms with Gasteiger partial charge in [-0.15, -0.1) is 0 Å². The van der Waals surface area contributed by atoms with E-state index in [2.05, 4.69) is 9.97 Å². The molecule has 0 unspecified atom stereocenters. The molecule has 0 bridgehead atoms. The molecule has 0 saturated carbocycles. The molecule has 0 saturated heterocycles. The highest BCUT2D eigenvalue weighted by Gasteiger charge is 2.31. The lowest BCUT2D eigenvalue weighted by Crippen LogP contribution is -2.04. The fourth-order valence-electron chi connectivity index (χ4n) is 1.96. The number of aromatic amines is 1. The summed E-state index contributed by atoms with van der Waals surface area (Å²) in [6.45, 7) is 8.00. The van der Waals surface area contributed by atoms with Gasteiger partial charge in [0.15, 0.2) is 0 Å². The minimum atomic E-state index is -4.42. The summed E-state index contributed by atoms with van der Waals surface area (Å²) in [7, 11) is 0. The fourth-order valence-corrected chi connectivity index (χ4v) is 1.96. The molecule has 0 aliphatic carbocycles. The number of alkyl halides is 3. The van der Waals surface area contributed by atoms with Crippen LogP contribution in [0.4, 0.5) is 17.6 Å². The highest BCUT2D eigenvalue weighted by molar-refractivity contribution is 5.83. The van der Waals surface area contributed by atoms with Crippen LogP contribution < -0.4 is 0 Å². The van der Waals surface area contributed by atoms with E-state index in [1.807, 2.05) is 27.7 Å². The van der Waals surface area contributed by atoms with Crippen molar-refractivity contribution in [3.63, 3.8) is 0 Å². The van der Waals surface area contributed by atoms with Gasteiger partial charge in [0.1, 0.15) is 11.5 Å². The van der Waals surface area contributed by atoms with Crippen molar-refractivity contribution < 1.29 is 17.6 Å². The first kappa shape index (κ1) is 19.7. The minimum absolute atomic E-state index is 0.359. The van der Waals surface area contributed by atoms with Crippen molar-refractivity contribution in [2.24, 2.45) is 0 Å². The summed E-state index contributed by atoms with van der Waals surface area (Å²) in [6.07, 6.45) is -3.64. The molecule has 0 atom stereocenters. The van der Waals surface area contributed by atoms with Gasteiger partial charge in [-0.1, -0.05) is 27.7 Å². The Morgan fingerprint density at radius 1 is 0.917 bits per heavy atom. The average molecular weight is 340 g/mol. The second-order valence-corrected chi connectivity index (χ2v) is 4.35. The lowest BCUT2D eigenvalue weighted by atomic mass is 10.1. The minimum Gasteiger partial charge on any atom is -0.339 e. The van der Waals surface area contributed by atoms with Crippen LogP contribution in [0.5, 0.6) is 0 Å². The first-order chi connectivity index (χ1) is 11.4. The van der Waals surface area contributed by atoms with Crippen LogP contribution in [0, 0.1) is 5.82 Å². The number of hydrogen-bond acceptors (Lipinski definition) is 1. The molecular weight excluding hydrogens is 320 g/mol. The molecule has 2 nitrogen and oxygen atoms in total. The Morgan fingerprint density at radius 2 is 1.50 bits per heavy atom. The Hall–Kier alpha value is -2.37. The summed E-state index contributed by atoms with van der Waals surface area (Å²) >= 11 is 0. The maximum Gasteiger partial charge on any atom is 0.417 e. The topological polar surface area (TPSA) is 28.7 Å². The molecular formula is C18H20F4N2. The number of pyridine rings is 1. The van der Waals surface area contributed by atoms with Crippen molar-refractivity contribution >= 4 is 11.0 Å². The molecule has 0 fully saturated rings. The Morgan fingerprint density at radius 3 is 2.04 bits per heavy atom. The van der Waals surface area contributed by atoms with Crippen molar-refractivity contribution in [2.45, 2.75) is 33.9 Å². The van der Waals surface area contributed by atoms with Gasteiger partial charge in [-0.2, -0.15) is 13.2 Å². The van der Waals surface area contributed by atoms with Crippen LogP contribution in [0.2, 0.25) is 0 Å². The largest absolute Gasteiger partial charge is 0.417 e. The van der Waals surface area contributed by atoms with Crippen molar-refractivity contribution in [1.82, 2.24) is 9.97 Å².